The standard InChI is InChI=1S/C10H6F5N/c11-9(12)7-4-16-8-3-5(10(13,14)15)1-2-6(7)8/h1-4,9,16H. The first kappa shape index (κ1) is 10.9. The highest BCUT2D eigenvalue weighted by Gasteiger charge is 2.30. The number of alkyl halides is 5. The minimum absolute atomic E-state index is 0.0603. The van der Waals surface area contributed by atoms with Crippen molar-refractivity contribution in [3.8, 4) is 0 Å². The van der Waals surface area contributed by atoms with Gasteiger partial charge in [0, 0.05) is 22.7 Å². The normalized spacial score (nSPS) is 12.6. The van der Waals surface area contributed by atoms with Crippen LogP contribution in [0.1, 0.15) is 17.6 Å². The summed E-state index contributed by atoms with van der Waals surface area (Å²) in [5, 5.41) is 0.114. The summed E-state index contributed by atoms with van der Waals surface area (Å²) < 4.78 is 61.8. The van der Waals surface area contributed by atoms with Gasteiger partial charge in [-0.2, -0.15) is 13.2 Å². The summed E-state index contributed by atoms with van der Waals surface area (Å²) in [4.78, 5) is 2.40. The molecule has 0 bridgehead atoms. The average molecular weight is 235 g/mol. The molecule has 0 radical (unpaired) electrons. The Bertz CT molecular complexity index is 511. The molecule has 0 amide bonds. The summed E-state index contributed by atoms with van der Waals surface area (Å²) >= 11 is 0. The number of fused-ring (bicyclic) bond motifs is 1. The van der Waals surface area contributed by atoms with Gasteiger partial charge in [0.15, 0.2) is 0 Å². The predicted octanol–water partition coefficient (Wildman–Crippen LogP) is 4.12. The molecule has 0 aliphatic rings. The number of H-pyrrole nitrogens is 1. The van der Waals surface area contributed by atoms with Crippen LogP contribution in [0.25, 0.3) is 10.9 Å². The Morgan fingerprint density at radius 3 is 2.38 bits per heavy atom. The number of hydrogen-bond donors (Lipinski definition) is 1. The quantitative estimate of drug-likeness (QED) is 0.715. The van der Waals surface area contributed by atoms with Crippen molar-refractivity contribution in [2.45, 2.75) is 12.6 Å². The van der Waals surface area contributed by atoms with Crippen LogP contribution in [0.15, 0.2) is 24.4 Å². The fourth-order valence-corrected chi connectivity index (χ4v) is 1.51. The van der Waals surface area contributed by atoms with Gasteiger partial charge in [0.25, 0.3) is 6.43 Å². The molecule has 1 aromatic heterocycles. The molecule has 6 heteroatoms. The second kappa shape index (κ2) is 3.47. The summed E-state index contributed by atoms with van der Waals surface area (Å²) in [5.74, 6) is 0. The van der Waals surface area contributed by atoms with Crippen LogP contribution in [0.5, 0.6) is 0 Å². The Labute approximate surface area is 86.9 Å². The van der Waals surface area contributed by atoms with Crippen molar-refractivity contribution in [3.05, 3.63) is 35.5 Å². The van der Waals surface area contributed by atoms with Crippen LogP contribution >= 0.6 is 0 Å². The van der Waals surface area contributed by atoms with Gasteiger partial charge in [-0.15, -0.1) is 0 Å². The molecule has 0 saturated carbocycles. The molecule has 2 rings (SSSR count). The van der Waals surface area contributed by atoms with E-state index in [0.717, 1.165) is 24.4 Å². The van der Waals surface area contributed by atoms with Crippen molar-refractivity contribution in [1.29, 1.82) is 0 Å². The van der Waals surface area contributed by atoms with E-state index < -0.39 is 18.2 Å². The molecule has 0 aliphatic carbocycles. The Morgan fingerprint density at radius 2 is 1.81 bits per heavy atom. The lowest BCUT2D eigenvalue weighted by Gasteiger charge is -2.06. The van der Waals surface area contributed by atoms with Crippen LogP contribution in [0.3, 0.4) is 0 Å². The maximum Gasteiger partial charge on any atom is 0.416 e. The van der Waals surface area contributed by atoms with E-state index in [1.165, 1.54) is 0 Å². The monoisotopic (exact) mass is 235 g/mol. The van der Waals surface area contributed by atoms with Crippen molar-refractivity contribution >= 4 is 10.9 Å². The summed E-state index contributed by atoms with van der Waals surface area (Å²) in [6, 6.07) is 2.67. The van der Waals surface area contributed by atoms with Gasteiger partial charge in [-0.05, 0) is 12.1 Å². The third-order valence-corrected chi connectivity index (χ3v) is 2.28. The van der Waals surface area contributed by atoms with Gasteiger partial charge < -0.3 is 4.98 Å². The Hall–Kier alpha value is -1.59. The smallest absolute Gasteiger partial charge is 0.361 e. The number of rotatable bonds is 1. The second-order valence-electron chi connectivity index (χ2n) is 3.30. The first-order chi connectivity index (χ1) is 7.39. The average Bonchev–Trinajstić information content (AvgIpc) is 2.58. The van der Waals surface area contributed by atoms with Crippen molar-refractivity contribution in [2.24, 2.45) is 0 Å². The van der Waals surface area contributed by atoms with E-state index in [1.54, 1.807) is 0 Å². The van der Waals surface area contributed by atoms with Gasteiger partial charge in [0.2, 0.25) is 0 Å². The van der Waals surface area contributed by atoms with E-state index in [1.807, 2.05) is 0 Å². The van der Waals surface area contributed by atoms with Crippen LogP contribution < -0.4 is 0 Å². The van der Waals surface area contributed by atoms with Gasteiger partial charge in [0.1, 0.15) is 0 Å². The summed E-state index contributed by atoms with van der Waals surface area (Å²) in [7, 11) is 0. The number of hydrogen-bond acceptors (Lipinski definition) is 0. The summed E-state index contributed by atoms with van der Waals surface area (Å²) in [6.07, 6.45) is -6.15. The number of benzene rings is 1. The molecule has 1 heterocycles. The van der Waals surface area contributed by atoms with Gasteiger partial charge in [-0.25, -0.2) is 8.78 Å². The lowest BCUT2D eigenvalue weighted by Crippen LogP contribution is -2.04. The lowest BCUT2D eigenvalue weighted by molar-refractivity contribution is -0.137. The van der Waals surface area contributed by atoms with Crippen molar-refractivity contribution in [1.82, 2.24) is 4.98 Å². The molecular formula is C10H6F5N. The van der Waals surface area contributed by atoms with E-state index in [0.29, 0.717) is 0 Å². The van der Waals surface area contributed by atoms with Crippen molar-refractivity contribution in [3.63, 3.8) is 0 Å². The van der Waals surface area contributed by atoms with Crippen LogP contribution in [-0.4, -0.2) is 4.98 Å². The van der Waals surface area contributed by atoms with Crippen LogP contribution in [-0.2, 0) is 6.18 Å². The van der Waals surface area contributed by atoms with Gasteiger partial charge in [-0.1, -0.05) is 6.07 Å². The lowest BCUT2D eigenvalue weighted by atomic mass is 10.1. The SMILES string of the molecule is FC(F)c1c[nH]c2cc(C(F)(F)F)ccc12. The van der Waals surface area contributed by atoms with Crippen LogP contribution in [0.4, 0.5) is 22.0 Å². The van der Waals surface area contributed by atoms with E-state index in [2.05, 4.69) is 4.98 Å². The zero-order valence-corrected chi connectivity index (χ0v) is 7.78. The van der Waals surface area contributed by atoms with Gasteiger partial charge in [0.05, 0.1) is 5.56 Å². The number of aromatic amines is 1. The highest BCUT2D eigenvalue weighted by molar-refractivity contribution is 5.84. The molecule has 0 fully saturated rings. The molecule has 0 spiro atoms. The minimum Gasteiger partial charge on any atom is -0.361 e. The molecular weight excluding hydrogens is 229 g/mol. The molecule has 0 unspecified atom stereocenters. The Kier molecular flexibility index (Phi) is 2.36. The van der Waals surface area contributed by atoms with Gasteiger partial charge in [-0.3, -0.25) is 0 Å². The van der Waals surface area contributed by atoms with Crippen molar-refractivity contribution < 1.29 is 22.0 Å². The number of aromatic nitrogens is 1. The zero-order chi connectivity index (χ0) is 11.9. The fourth-order valence-electron chi connectivity index (χ4n) is 1.51. The molecule has 1 aromatic carbocycles. The largest absolute Gasteiger partial charge is 0.416 e. The number of nitrogens with one attached hydrogen (secondary N) is 1. The van der Waals surface area contributed by atoms with Crippen molar-refractivity contribution in [2.75, 3.05) is 0 Å². The molecule has 2 aromatic rings. The molecule has 0 aliphatic heterocycles. The molecule has 0 atom stereocenters. The van der Waals surface area contributed by atoms with Crippen LogP contribution in [0.2, 0.25) is 0 Å². The molecule has 86 valence electrons. The maximum atomic E-state index is 12.4. The first-order valence-corrected chi connectivity index (χ1v) is 4.36. The highest BCUT2D eigenvalue weighted by atomic mass is 19.4. The molecule has 1 N–H and O–H groups in total. The third-order valence-electron chi connectivity index (χ3n) is 2.28. The first-order valence-electron chi connectivity index (χ1n) is 4.36. The summed E-state index contributed by atoms with van der Waals surface area (Å²) in [5.41, 5.74) is -1.09. The van der Waals surface area contributed by atoms with Crippen LogP contribution in [0, 0.1) is 0 Å². The number of halogens is 5. The highest BCUT2D eigenvalue weighted by Crippen LogP contribution is 2.33. The fraction of sp³-hybridized carbons (Fsp3) is 0.200. The Balaban J connectivity index is 2.58. The van der Waals surface area contributed by atoms with Gasteiger partial charge >= 0.3 is 6.18 Å². The molecule has 0 saturated heterocycles. The minimum atomic E-state index is -4.47. The Morgan fingerprint density at radius 1 is 1.12 bits per heavy atom. The zero-order valence-electron chi connectivity index (χ0n) is 7.78. The van der Waals surface area contributed by atoms with E-state index in [9.17, 15) is 22.0 Å². The second-order valence-corrected chi connectivity index (χ2v) is 3.30. The molecule has 16 heavy (non-hydrogen) atoms. The maximum absolute atomic E-state index is 12.4. The topological polar surface area (TPSA) is 15.8 Å². The summed E-state index contributed by atoms with van der Waals surface area (Å²) in [6.45, 7) is 0. The van der Waals surface area contributed by atoms with E-state index in [4.69, 9.17) is 0 Å². The van der Waals surface area contributed by atoms with E-state index >= 15 is 0 Å². The van der Waals surface area contributed by atoms with E-state index in [-0.39, 0.29) is 16.5 Å². The predicted molar refractivity (Wildman–Crippen MR) is 48.3 cm³/mol. The third kappa shape index (κ3) is 1.75. The molecule has 1 nitrogen and oxygen atoms in total.